The van der Waals surface area contributed by atoms with E-state index in [9.17, 15) is 19.5 Å². The Morgan fingerprint density at radius 3 is 2.83 bits per heavy atom. The number of rotatable bonds is 4. The number of nitrogens with zero attached hydrogens (tertiary/aromatic N) is 1. The largest absolute Gasteiger partial charge is 0.481 e. The first-order valence-electron chi connectivity index (χ1n) is 7.60. The molecule has 1 aliphatic rings. The van der Waals surface area contributed by atoms with Crippen molar-refractivity contribution in [1.82, 2.24) is 9.88 Å². The van der Waals surface area contributed by atoms with Gasteiger partial charge in [0.2, 0.25) is 5.56 Å². The Hall–Kier alpha value is -2.67. The summed E-state index contributed by atoms with van der Waals surface area (Å²) < 4.78 is 5.04. The molecule has 0 saturated carbocycles. The Balaban J connectivity index is 1.96. The predicted molar refractivity (Wildman–Crippen MR) is 87.0 cm³/mol. The van der Waals surface area contributed by atoms with E-state index >= 15 is 0 Å². The summed E-state index contributed by atoms with van der Waals surface area (Å²) in [5.74, 6) is -1.31. The van der Waals surface area contributed by atoms with Crippen LogP contribution in [-0.4, -0.2) is 53.7 Å². The van der Waals surface area contributed by atoms with E-state index in [1.54, 1.807) is 24.3 Å². The van der Waals surface area contributed by atoms with Crippen LogP contribution in [0.3, 0.4) is 0 Å². The van der Waals surface area contributed by atoms with Gasteiger partial charge in [-0.15, -0.1) is 0 Å². The van der Waals surface area contributed by atoms with Crippen molar-refractivity contribution in [2.24, 2.45) is 5.41 Å². The molecule has 2 heterocycles. The van der Waals surface area contributed by atoms with Crippen LogP contribution in [0.4, 0.5) is 0 Å². The number of methoxy groups -OCH3 is 1. The number of aliphatic carboxylic acids is 1. The van der Waals surface area contributed by atoms with Crippen molar-refractivity contribution < 1.29 is 19.4 Å². The first-order chi connectivity index (χ1) is 11.5. The fourth-order valence-corrected chi connectivity index (χ4v) is 3.23. The number of aromatic amines is 1. The smallest absolute Gasteiger partial charge is 0.313 e. The number of fused-ring (bicyclic) bond motifs is 1. The molecule has 1 aromatic heterocycles. The fraction of sp³-hybridized carbons (Fsp3) is 0.353. The van der Waals surface area contributed by atoms with Gasteiger partial charge in [0.05, 0.1) is 12.2 Å². The van der Waals surface area contributed by atoms with Gasteiger partial charge in [-0.1, -0.05) is 18.2 Å². The van der Waals surface area contributed by atoms with Gasteiger partial charge in [0.1, 0.15) is 5.41 Å². The van der Waals surface area contributed by atoms with Gasteiger partial charge in [-0.3, -0.25) is 14.4 Å². The number of benzene rings is 1. The maximum Gasteiger partial charge on any atom is 0.313 e. The number of aromatic nitrogens is 1. The second-order valence-corrected chi connectivity index (χ2v) is 6.09. The van der Waals surface area contributed by atoms with E-state index < -0.39 is 11.4 Å². The monoisotopic (exact) mass is 330 g/mol. The minimum Gasteiger partial charge on any atom is -0.481 e. The Morgan fingerprint density at radius 1 is 1.38 bits per heavy atom. The van der Waals surface area contributed by atoms with Gasteiger partial charge in [-0.25, -0.2) is 0 Å². The Labute approximate surface area is 137 Å². The molecule has 0 bridgehead atoms. The van der Waals surface area contributed by atoms with Gasteiger partial charge in [0, 0.05) is 37.2 Å². The maximum absolute atomic E-state index is 12.9. The van der Waals surface area contributed by atoms with E-state index in [0.717, 1.165) is 0 Å². The molecule has 1 aromatic carbocycles. The van der Waals surface area contributed by atoms with Crippen LogP contribution >= 0.6 is 0 Å². The lowest BCUT2D eigenvalue weighted by Gasteiger charge is -2.24. The topological polar surface area (TPSA) is 99.7 Å². The molecule has 1 aliphatic heterocycles. The number of carboxylic acid groups (broad SMARTS) is 1. The van der Waals surface area contributed by atoms with Crippen LogP contribution in [0.15, 0.2) is 35.1 Å². The second-order valence-electron chi connectivity index (χ2n) is 6.09. The minimum atomic E-state index is -1.10. The van der Waals surface area contributed by atoms with Crippen molar-refractivity contribution in [3.05, 3.63) is 46.2 Å². The summed E-state index contributed by atoms with van der Waals surface area (Å²) in [6.45, 7) is 0.425. The summed E-state index contributed by atoms with van der Waals surface area (Å²) in [6, 6.07) is 8.31. The number of nitrogens with one attached hydrogen (secondary N) is 1. The molecule has 1 fully saturated rings. The van der Waals surface area contributed by atoms with Gasteiger partial charge < -0.3 is 19.7 Å². The van der Waals surface area contributed by atoms with Crippen molar-refractivity contribution in [2.45, 2.75) is 6.42 Å². The number of hydrogen-bond acceptors (Lipinski definition) is 4. The van der Waals surface area contributed by atoms with Crippen LogP contribution in [-0.2, 0) is 9.53 Å². The summed E-state index contributed by atoms with van der Waals surface area (Å²) in [7, 11) is 1.44. The van der Waals surface area contributed by atoms with Crippen molar-refractivity contribution in [3.63, 3.8) is 0 Å². The van der Waals surface area contributed by atoms with E-state index in [1.165, 1.54) is 18.1 Å². The van der Waals surface area contributed by atoms with Crippen LogP contribution in [0.1, 0.15) is 16.8 Å². The number of carbonyl (C=O) groups is 2. The average molecular weight is 330 g/mol. The van der Waals surface area contributed by atoms with E-state index in [4.69, 9.17) is 4.74 Å². The number of carboxylic acids is 1. The van der Waals surface area contributed by atoms with Crippen LogP contribution in [0.5, 0.6) is 0 Å². The third-order valence-electron chi connectivity index (χ3n) is 4.50. The molecule has 0 aliphatic carbocycles. The van der Waals surface area contributed by atoms with Crippen molar-refractivity contribution in [3.8, 4) is 0 Å². The zero-order valence-electron chi connectivity index (χ0n) is 13.2. The molecule has 0 spiro atoms. The summed E-state index contributed by atoms with van der Waals surface area (Å²) in [5, 5.41) is 10.1. The lowest BCUT2D eigenvalue weighted by atomic mass is 9.88. The van der Waals surface area contributed by atoms with Crippen LogP contribution in [0, 0.1) is 5.41 Å². The molecule has 1 unspecified atom stereocenters. The number of para-hydroxylation sites is 1. The van der Waals surface area contributed by atoms with Crippen LogP contribution in [0.2, 0.25) is 0 Å². The van der Waals surface area contributed by atoms with Gasteiger partial charge in [-0.2, -0.15) is 0 Å². The number of hydrogen-bond donors (Lipinski definition) is 2. The SMILES string of the molecule is COCC1(C(=O)O)CCN(C(=O)c2cc(=O)[nH]c3ccccc23)C1. The maximum atomic E-state index is 12.9. The summed E-state index contributed by atoms with van der Waals surface area (Å²) >= 11 is 0. The van der Waals surface area contributed by atoms with E-state index in [-0.39, 0.29) is 30.2 Å². The fourth-order valence-electron chi connectivity index (χ4n) is 3.23. The van der Waals surface area contributed by atoms with E-state index in [2.05, 4.69) is 4.98 Å². The quantitative estimate of drug-likeness (QED) is 0.874. The van der Waals surface area contributed by atoms with Crippen LogP contribution < -0.4 is 5.56 Å². The number of ether oxygens (including phenoxy) is 1. The first kappa shape index (κ1) is 16.2. The number of likely N-dealkylation sites (tertiary alicyclic amines) is 1. The molecular formula is C17H18N2O5. The zero-order chi connectivity index (χ0) is 17.3. The summed E-state index contributed by atoms with van der Waals surface area (Å²) in [4.78, 5) is 40.5. The number of amides is 1. The minimum absolute atomic E-state index is 0.0439. The summed E-state index contributed by atoms with van der Waals surface area (Å²) in [5.41, 5.74) is -0.596. The highest BCUT2D eigenvalue weighted by Gasteiger charge is 2.46. The predicted octanol–water partition coefficient (Wildman–Crippen LogP) is 1.09. The van der Waals surface area contributed by atoms with Crippen molar-refractivity contribution >= 4 is 22.8 Å². The summed E-state index contributed by atoms with van der Waals surface area (Å²) in [6.07, 6.45) is 0.322. The lowest BCUT2D eigenvalue weighted by molar-refractivity contribution is -0.151. The molecule has 1 saturated heterocycles. The highest BCUT2D eigenvalue weighted by molar-refractivity contribution is 6.06. The van der Waals surface area contributed by atoms with E-state index in [0.29, 0.717) is 23.9 Å². The molecule has 2 N–H and O–H groups in total. The van der Waals surface area contributed by atoms with Gasteiger partial charge >= 0.3 is 5.97 Å². The van der Waals surface area contributed by atoms with Gasteiger partial charge in [0.25, 0.3) is 5.91 Å². The first-order valence-corrected chi connectivity index (χ1v) is 7.60. The van der Waals surface area contributed by atoms with Crippen LogP contribution in [0.25, 0.3) is 10.9 Å². The van der Waals surface area contributed by atoms with Gasteiger partial charge in [-0.05, 0) is 12.5 Å². The normalized spacial score (nSPS) is 20.5. The molecule has 126 valence electrons. The second kappa shape index (κ2) is 6.09. The van der Waals surface area contributed by atoms with Crippen molar-refractivity contribution in [2.75, 3.05) is 26.8 Å². The molecule has 24 heavy (non-hydrogen) atoms. The molecule has 7 heteroatoms. The Bertz CT molecular complexity index is 859. The highest BCUT2D eigenvalue weighted by Crippen LogP contribution is 2.32. The van der Waals surface area contributed by atoms with Crippen molar-refractivity contribution in [1.29, 1.82) is 0 Å². The number of pyridine rings is 1. The average Bonchev–Trinajstić information content (AvgIpc) is 2.99. The van der Waals surface area contributed by atoms with E-state index in [1.807, 2.05) is 0 Å². The molecule has 0 radical (unpaired) electrons. The molecule has 3 rings (SSSR count). The third-order valence-corrected chi connectivity index (χ3v) is 4.50. The molecule has 7 nitrogen and oxygen atoms in total. The molecule has 1 atom stereocenters. The third kappa shape index (κ3) is 2.67. The number of carbonyl (C=O) groups excluding carboxylic acids is 1. The lowest BCUT2D eigenvalue weighted by Crippen LogP contribution is -2.40. The van der Waals surface area contributed by atoms with Gasteiger partial charge in [0.15, 0.2) is 0 Å². The molecule has 2 aromatic rings. The molecule has 1 amide bonds. The standard InChI is InChI=1S/C17H18N2O5/c1-24-10-17(16(22)23)6-7-19(9-17)15(21)12-8-14(20)18-13-5-3-2-4-11(12)13/h2-5,8H,6-7,9-10H2,1H3,(H,18,20)(H,22,23). The Kier molecular flexibility index (Phi) is 4.11. The Morgan fingerprint density at radius 2 is 2.12 bits per heavy atom. The molecular weight excluding hydrogens is 312 g/mol. The highest BCUT2D eigenvalue weighted by atomic mass is 16.5. The zero-order valence-corrected chi connectivity index (χ0v) is 13.2. The number of H-pyrrole nitrogens is 1.